The Kier molecular flexibility index (Phi) is 44.9. The van der Waals surface area contributed by atoms with Gasteiger partial charge in [0.2, 0.25) is 0 Å². The first-order valence-corrected chi connectivity index (χ1v) is 7.56. The molecule has 1 unspecified atom stereocenters. The van der Waals surface area contributed by atoms with E-state index in [1.165, 1.54) is 12.8 Å². The minimum Gasteiger partial charge on any atom is -0.176 e. The van der Waals surface area contributed by atoms with E-state index in [-0.39, 0.29) is 0 Å². The number of hydrogen-bond donors (Lipinski definition) is 1. The van der Waals surface area contributed by atoms with Gasteiger partial charge in [-0.2, -0.15) is 12.6 Å². The molecule has 0 aromatic heterocycles. The lowest BCUT2D eigenvalue weighted by Gasteiger charge is -2.04. The summed E-state index contributed by atoms with van der Waals surface area (Å²) in [5, 5.41) is 0.546. The van der Waals surface area contributed by atoms with Crippen molar-refractivity contribution in [2.45, 2.75) is 86.8 Å². The molecule has 0 aliphatic heterocycles. The zero-order chi connectivity index (χ0) is 14.7. The topological polar surface area (TPSA) is 0 Å². The molecule has 0 saturated heterocycles. The molecule has 0 bridgehead atoms. The molecule has 0 fully saturated rings. The number of unbranched alkanes of at least 4 members (excludes halogenated alkanes) is 1. The molecule has 0 spiro atoms. The van der Waals surface area contributed by atoms with E-state index in [1.807, 2.05) is 27.7 Å². The third kappa shape index (κ3) is 64.5. The zero-order valence-electron chi connectivity index (χ0n) is 13.7. The van der Waals surface area contributed by atoms with Crippen LogP contribution in [0.3, 0.4) is 0 Å². The molecule has 0 nitrogen and oxygen atoms in total. The van der Waals surface area contributed by atoms with Crippen molar-refractivity contribution in [1.82, 2.24) is 0 Å². The summed E-state index contributed by atoms with van der Waals surface area (Å²) in [4.78, 5) is 0. The molecule has 106 valence electrons. The highest BCUT2D eigenvalue weighted by atomic mass is 32.1. The summed E-state index contributed by atoms with van der Waals surface area (Å²) >= 11 is 4.19. The first-order valence-electron chi connectivity index (χ1n) is 7.05. The minimum atomic E-state index is 0.546. The molecule has 0 aliphatic rings. The lowest BCUT2D eigenvalue weighted by atomic mass is 10.2. The van der Waals surface area contributed by atoms with Crippen molar-refractivity contribution >= 4 is 12.6 Å². The largest absolute Gasteiger partial charge is 0.176 e. The van der Waals surface area contributed by atoms with E-state index < -0.39 is 0 Å². The summed E-state index contributed by atoms with van der Waals surface area (Å²) in [5.41, 5.74) is 0. The van der Waals surface area contributed by atoms with Crippen LogP contribution in [0.5, 0.6) is 0 Å². The molecule has 17 heavy (non-hydrogen) atoms. The van der Waals surface area contributed by atoms with Gasteiger partial charge in [0, 0.05) is 11.7 Å². The quantitative estimate of drug-likeness (QED) is 0.442. The van der Waals surface area contributed by atoms with Crippen molar-refractivity contribution in [3.63, 3.8) is 0 Å². The maximum absolute atomic E-state index is 4.19. The van der Waals surface area contributed by atoms with Crippen molar-refractivity contribution in [2.75, 3.05) is 0 Å². The van der Waals surface area contributed by atoms with E-state index in [4.69, 9.17) is 0 Å². The standard InChI is InChI=1S/C5H12S.C5H8.C4H10.C2H6/c1-4(2)5(3)6;1-3-5-4-2;1-3-4-2;1-2/h4-6H,1-3H3;3H2,1-2H3;3-4H2,1-2H3;1-2H3. The van der Waals surface area contributed by atoms with Crippen molar-refractivity contribution in [2.24, 2.45) is 5.92 Å². The molecule has 0 saturated carbocycles. The van der Waals surface area contributed by atoms with Crippen LogP contribution in [0.15, 0.2) is 0 Å². The van der Waals surface area contributed by atoms with Crippen LogP contribution in [0.4, 0.5) is 0 Å². The van der Waals surface area contributed by atoms with Gasteiger partial charge in [-0.3, -0.25) is 0 Å². The van der Waals surface area contributed by atoms with Crippen molar-refractivity contribution in [3.05, 3.63) is 0 Å². The average molecular weight is 261 g/mol. The summed E-state index contributed by atoms with van der Waals surface area (Å²) in [5.74, 6) is 6.34. The van der Waals surface area contributed by atoms with Crippen molar-refractivity contribution < 1.29 is 0 Å². The normalized spacial score (nSPS) is 9.12. The van der Waals surface area contributed by atoms with Gasteiger partial charge in [0.1, 0.15) is 0 Å². The molecule has 0 rings (SSSR count). The molecule has 0 N–H and O–H groups in total. The van der Waals surface area contributed by atoms with E-state index in [9.17, 15) is 0 Å². The molecular formula is C16H36S. The molecule has 0 aliphatic carbocycles. The van der Waals surface area contributed by atoms with Gasteiger partial charge in [0.15, 0.2) is 0 Å². The van der Waals surface area contributed by atoms with E-state index >= 15 is 0 Å². The van der Waals surface area contributed by atoms with E-state index in [0.717, 1.165) is 6.42 Å². The molecule has 0 heterocycles. The van der Waals surface area contributed by atoms with Crippen LogP contribution in [0.1, 0.15) is 81.6 Å². The SMILES string of the molecule is CC.CC#CCC.CC(C)C(C)S.CCCC. The Morgan fingerprint density at radius 1 is 0.941 bits per heavy atom. The van der Waals surface area contributed by atoms with Crippen LogP contribution in [-0.2, 0) is 0 Å². The third-order valence-corrected chi connectivity index (χ3v) is 2.41. The fourth-order valence-corrected chi connectivity index (χ4v) is 0.177. The Morgan fingerprint density at radius 3 is 1.24 bits per heavy atom. The smallest absolute Gasteiger partial charge is 0.00601 e. The van der Waals surface area contributed by atoms with Gasteiger partial charge >= 0.3 is 0 Å². The Balaban J connectivity index is -0.0000000705. The summed E-state index contributed by atoms with van der Waals surface area (Å²) < 4.78 is 0. The van der Waals surface area contributed by atoms with Crippen molar-refractivity contribution in [3.8, 4) is 11.8 Å². The summed E-state index contributed by atoms with van der Waals surface area (Å²) in [6.45, 7) is 18.7. The Bertz CT molecular complexity index is 129. The minimum absolute atomic E-state index is 0.546. The van der Waals surface area contributed by atoms with Gasteiger partial charge in [0.25, 0.3) is 0 Å². The molecule has 1 heteroatoms. The molecule has 0 radical (unpaired) electrons. The lowest BCUT2D eigenvalue weighted by molar-refractivity contribution is 0.646. The van der Waals surface area contributed by atoms with Gasteiger partial charge in [0.05, 0.1) is 0 Å². The predicted octanol–water partition coefficient (Wildman–Crippen LogP) is 6.21. The molecule has 1 atom stereocenters. The highest BCUT2D eigenvalue weighted by Gasteiger charge is 1.96. The molecule has 0 aromatic rings. The summed E-state index contributed by atoms with van der Waals surface area (Å²) in [7, 11) is 0. The first kappa shape index (κ1) is 25.7. The Hall–Kier alpha value is -0.0900. The van der Waals surface area contributed by atoms with Gasteiger partial charge in [-0.1, -0.05) is 68.2 Å². The second-order valence-electron chi connectivity index (χ2n) is 3.76. The van der Waals surface area contributed by atoms with Crippen LogP contribution >= 0.6 is 12.6 Å². The van der Waals surface area contributed by atoms with Crippen LogP contribution in [0.2, 0.25) is 0 Å². The number of thiol groups is 1. The van der Waals surface area contributed by atoms with Gasteiger partial charge in [-0.15, -0.1) is 11.8 Å². The lowest BCUT2D eigenvalue weighted by Crippen LogP contribution is -1.99. The van der Waals surface area contributed by atoms with Crippen LogP contribution in [-0.4, -0.2) is 5.25 Å². The highest BCUT2D eigenvalue weighted by molar-refractivity contribution is 7.80. The van der Waals surface area contributed by atoms with E-state index in [1.54, 1.807) is 0 Å². The number of rotatable bonds is 2. The first-order chi connectivity index (χ1) is 7.97. The second-order valence-corrected chi connectivity index (χ2v) is 4.58. The van der Waals surface area contributed by atoms with Gasteiger partial charge in [-0.05, 0) is 12.8 Å². The number of hydrogen-bond acceptors (Lipinski definition) is 1. The zero-order valence-corrected chi connectivity index (χ0v) is 14.6. The van der Waals surface area contributed by atoms with Crippen LogP contribution in [0, 0.1) is 17.8 Å². The van der Waals surface area contributed by atoms with Gasteiger partial charge in [-0.25, -0.2) is 0 Å². The van der Waals surface area contributed by atoms with Gasteiger partial charge < -0.3 is 0 Å². The summed E-state index contributed by atoms with van der Waals surface area (Å²) in [6.07, 6.45) is 3.62. The summed E-state index contributed by atoms with van der Waals surface area (Å²) in [6, 6.07) is 0. The maximum Gasteiger partial charge on any atom is 0.00601 e. The molecular weight excluding hydrogens is 224 g/mol. The van der Waals surface area contributed by atoms with E-state index in [2.05, 4.69) is 59.1 Å². The average Bonchev–Trinajstić information content (AvgIpc) is 2.33. The van der Waals surface area contributed by atoms with Crippen molar-refractivity contribution in [1.29, 1.82) is 0 Å². The predicted molar refractivity (Wildman–Crippen MR) is 89.0 cm³/mol. The van der Waals surface area contributed by atoms with E-state index in [0.29, 0.717) is 11.2 Å². The Labute approximate surface area is 117 Å². The second kappa shape index (κ2) is 29.7. The fraction of sp³-hybridized carbons (Fsp3) is 0.875. The fourth-order valence-electron chi connectivity index (χ4n) is 0.177. The Morgan fingerprint density at radius 2 is 1.24 bits per heavy atom. The molecule has 0 amide bonds. The third-order valence-electron chi connectivity index (χ3n) is 1.82. The van der Waals surface area contributed by atoms with Crippen LogP contribution < -0.4 is 0 Å². The maximum atomic E-state index is 4.19. The molecule has 0 aromatic carbocycles. The highest BCUT2D eigenvalue weighted by Crippen LogP contribution is 2.05. The van der Waals surface area contributed by atoms with Crippen LogP contribution in [0.25, 0.3) is 0 Å². The monoisotopic (exact) mass is 260 g/mol.